The van der Waals surface area contributed by atoms with Gasteiger partial charge in [-0.15, -0.1) is 0 Å². The predicted octanol–water partition coefficient (Wildman–Crippen LogP) is -1.26. The highest BCUT2D eigenvalue weighted by Gasteiger charge is 2.34. The average molecular weight is 162 g/mol. The van der Waals surface area contributed by atoms with Crippen LogP contribution in [0.3, 0.4) is 0 Å². The van der Waals surface area contributed by atoms with E-state index in [9.17, 15) is 5.11 Å². The van der Waals surface area contributed by atoms with Gasteiger partial charge in [0.25, 0.3) is 0 Å². The SMILES string of the molecule is C[C@H]1[C@H](O)[C@H](O)CO[C@@H]1CO. The maximum absolute atomic E-state index is 9.31. The molecule has 0 spiro atoms. The first kappa shape index (κ1) is 8.93. The van der Waals surface area contributed by atoms with Crippen molar-refractivity contribution in [1.82, 2.24) is 0 Å². The van der Waals surface area contributed by atoms with Crippen LogP contribution in [0.25, 0.3) is 0 Å². The lowest BCUT2D eigenvalue weighted by atomic mass is 9.92. The lowest BCUT2D eigenvalue weighted by Gasteiger charge is -2.35. The van der Waals surface area contributed by atoms with Gasteiger partial charge in [-0.2, -0.15) is 0 Å². The average Bonchev–Trinajstić information content (AvgIpc) is 2.01. The van der Waals surface area contributed by atoms with Crippen molar-refractivity contribution in [2.24, 2.45) is 5.92 Å². The quantitative estimate of drug-likeness (QED) is 0.450. The zero-order chi connectivity index (χ0) is 8.43. The van der Waals surface area contributed by atoms with Gasteiger partial charge in [-0.1, -0.05) is 6.92 Å². The molecule has 0 aromatic carbocycles. The van der Waals surface area contributed by atoms with Crippen LogP contribution in [0.4, 0.5) is 0 Å². The van der Waals surface area contributed by atoms with E-state index in [2.05, 4.69) is 0 Å². The summed E-state index contributed by atoms with van der Waals surface area (Å²) in [5.74, 6) is -0.205. The van der Waals surface area contributed by atoms with Crippen molar-refractivity contribution >= 4 is 0 Å². The molecule has 4 nitrogen and oxygen atoms in total. The van der Waals surface area contributed by atoms with Crippen molar-refractivity contribution in [1.29, 1.82) is 0 Å². The first-order valence-electron chi connectivity index (χ1n) is 3.75. The molecule has 0 bridgehead atoms. The molecule has 4 heteroatoms. The molecule has 4 atom stereocenters. The summed E-state index contributed by atoms with van der Waals surface area (Å²) in [6.45, 7) is 1.75. The van der Waals surface area contributed by atoms with Crippen molar-refractivity contribution in [2.45, 2.75) is 25.2 Å². The molecule has 1 aliphatic rings. The Balaban J connectivity index is 2.52. The first-order chi connectivity index (χ1) is 5.16. The Morgan fingerprint density at radius 3 is 2.64 bits per heavy atom. The lowest BCUT2D eigenvalue weighted by Crippen LogP contribution is -2.49. The van der Waals surface area contributed by atoms with Gasteiger partial charge in [0.1, 0.15) is 6.10 Å². The van der Waals surface area contributed by atoms with Crippen LogP contribution in [0.5, 0.6) is 0 Å². The normalized spacial score (nSPS) is 45.8. The van der Waals surface area contributed by atoms with E-state index in [4.69, 9.17) is 14.9 Å². The summed E-state index contributed by atoms with van der Waals surface area (Å²) in [6, 6.07) is 0. The monoisotopic (exact) mass is 162 g/mol. The van der Waals surface area contributed by atoms with Crippen LogP contribution in [0.1, 0.15) is 6.92 Å². The first-order valence-corrected chi connectivity index (χ1v) is 3.75. The van der Waals surface area contributed by atoms with Crippen LogP contribution in [0.2, 0.25) is 0 Å². The third-order valence-corrected chi connectivity index (χ3v) is 2.18. The minimum atomic E-state index is -0.812. The summed E-state index contributed by atoms with van der Waals surface area (Å²) < 4.78 is 5.06. The maximum atomic E-state index is 9.31. The Labute approximate surface area is 65.4 Å². The van der Waals surface area contributed by atoms with Crippen LogP contribution in [0, 0.1) is 5.92 Å². The molecule has 1 fully saturated rings. The van der Waals surface area contributed by atoms with Crippen molar-refractivity contribution in [3.8, 4) is 0 Å². The molecular weight excluding hydrogens is 148 g/mol. The van der Waals surface area contributed by atoms with Gasteiger partial charge < -0.3 is 20.1 Å². The summed E-state index contributed by atoms with van der Waals surface area (Å²) in [5.41, 5.74) is 0. The van der Waals surface area contributed by atoms with Crippen molar-refractivity contribution < 1.29 is 20.1 Å². The number of aliphatic hydroxyl groups excluding tert-OH is 3. The molecule has 11 heavy (non-hydrogen) atoms. The summed E-state index contributed by atoms with van der Waals surface area (Å²) in [4.78, 5) is 0. The zero-order valence-corrected chi connectivity index (χ0v) is 6.47. The zero-order valence-electron chi connectivity index (χ0n) is 6.47. The smallest absolute Gasteiger partial charge is 0.104 e. The molecule has 1 rings (SSSR count). The second kappa shape index (κ2) is 3.49. The Hall–Kier alpha value is -0.160. The summed E-state index contributed by atoms with van der Waals surface area (Å²) in [5, 5.41) is 27.2. The van der Waals surface area contributed by atoms with Gasteiger partial charge in [-0.3, -0.25) is 0 Å². The molecule has 0 aromatic rings. The van der Waals surface area contributed by atoms with E-state index in [0.29, 0.717) is 0 Å². The predicted molar refractivity (Wildman–Crippen MR) is 38.0 cm³/mol. The molecule has 3 N–H and O–H groups in total. The standard InChI is InChI=1S/C7H14O4/c1-4-6(2-8)11-3-5(9)7(4)10/h4-10H,2-3H2,1H3/t4-,5-,6-,7+/m1/s1. The van der Waals surface area contributed by atoms with Crippen LogP contribution in [-0.4, -0.2) is 46.8 Å². The van der Waals surface area contributed by atoms with Gasteiger partial charge in [0, 0.05) is 5.92 Å². The van der Waals surface area contributed by atoms with Gasteiger partial charge in [0.15, 0.2) is 0 Å². The Kier molecular flexibility index (Phi) is 2.84. The molecule has 0 radical (unpaired) electrons. The van der Waals surface area contributed by atoms with Crippen molar-refractivity contribution in [3.05, 3.63) is 0 Å². The van der Waals surface area contributed by atoms with Gasteiger partial charge in [0.2, 0.25) is 0 Å². The van der Waals surface area contributed by atoms with E-state index >= 15 is 0 Å². The highest BCUT2D eigenvalue weighted by Crippen LogP contribution is 2.20. The molecule has 1 heterocycles. The Morgan fingerprint density at radius 2 is 2.09 bits per heavy atom. The molecule has 0 aromatic heterocycles. The fourth-order valence-corrected chi connectivity index (χ4v) is 1.26. The second-order valence-corrected chi connectivity index (χ2v) is 2.97. The second-order valence-electron chi connectivity index (χ2n) is 2.97. The van der Waals surface area contributed by atoms with E-state index < -0.39 is 12.2 Å². The Morgan fingerprint density at radius 1 is 1.45 bits per heavy atom. The number of hydrogen-bond donors (Lipinski definition) is 3. The molecule has 66 valence electrons. The van der Waals surface area contributed by atoms with Crippen LogP contribution >= 0.6 is 0 Å². The van der Waals surface area contributed by atoms with Gasteiger partial charge >= 0.3 is 0 Å². The van der Waals surface area contributed by atoms with Crippen molar-refractivity contribution in [2.75, 3.05) is 13.2 Å². The third kappa shape index (κ3) is 1.70. The summed E-state index contributed by atoms with van der Waals surface area (Å²) in [6.07, 6.45) is -1.93. The molecule has 0 amide bonds. The van der Waals surface area contributed by atoms with Crippen LogP contribution < -0.4 is 0 Å². The van der Waals surface area contributed by atoms with Crippen molar-refractivity contribution in [3.63, 3.8) is 0 Å². The summed E-state index contributed by atoms with van der Waals surface area (Å²) >= 11 is 0. The van der Waals surface area contributed by atoms with Gasteiger partial charge in [0.05, 0.1) is 25.4 Å². The highest BCUT2D eigenvalue weighted by atomic mass is 16.5. The molecule has 0 unspecified atom stereocenters. The largest absolute Gasteiger partial charge is 0.394 e. The minimum Gasteiger partial charge on any atom is -0.394 e. The van der Waals surface area contributed by atoms with Crippen LogP contribution in [0.15, 0.2) is 0 Å². The molecule has 0 aliphatic carbocycles. The number of rotatable bonds is 1. The van der Waals surface area contributed by atoms with E-state index in [-0.39, 0.29) is 25.2 Å². The topological polar surface area (TPSA) is 69.9 Å². The Bertz CT molecular complexity index is 126. The number of aliphatic hydroxyl groups is 3. The third-order valence-electron chi connectivity index (χ3n) is 2.18. The van der Waals surface area contributed by atoms with Gasteiger partial charge in [-0.25, -0.2) is 0 Å². The summed E-state index contributed by atoms with van der Waals surface area (Å²) in [7, 11) is 0. The van der Waals surface area contributed by atoms with E-state index in [1.165, 1.54) is 0 Å². The molecule has 0 saturated carbocycles. The lowest BCUT2D eigenvalue weighted by molar-refractivity contribution is -0.163. The number of ether oxygens (including phenoxy) is 1. The fourth-order valence-electron chi connectivity index (χ4n) is 1.26. The van der Waals surface area contributed by atoms with E-state index in [0.717, 1.165) is 0 Å². The molecular formula is C7H14O4. The number of hydrogen-bond acceptors (Lipinski definition) is 4. The minimum absolute atomic E-state index is 0.106. The molecule has 1 saturated heterocycles. The maximum Gasteiger partial charge on any atom is 0.104 e. The van der Waals surface area contributed by atoms with Crippen LogP contribution in [-0.2, 0) is 4.74 Å². The fraction of sp³-hybridized carbons (Fsp3) is 1.00. The van der Waals surface area contributed by atoms with E-state index in [1.807, 2.05) is 0 Å². The highest BCUT2D eigenvalue weighted by molar-refractivity contribution is 4.83. The van der Waals surface area contributed by atoms with E-state index in [1.54, 1.807) is 6.92 Å². The molecule has 1 aliphatic heterocycles. The van der Waals surface area contributed by atoms with Gasteiger partial charge in [-0.05, 0) is 0 Å².